The van der Waals surface area contributed by atoms with Crippen LogP contribution in [0.25, 0.3) is 0 Å². The largest absolute Gasteiger partial charge is 0.338 e. The predicted octanol–water partition coefficient (Wildman–Crippen LogP) is 3.66. The van der Waals surface area contributed by atoms with Gasteiger partial charge in [0.1, 0.15) is 0 Å². The maximum absolute atomic E-state index is 12.9. The van der Waals surface area contributed by atoms with Crippen LogP contribution in [0.1, 0.15) is 56.9 Å². The maximum Gasteiger partial charge on any atom is 0.315 e. The average Bonchev–Trinajstić information content (AvgIpc) is 2.71. The van der Waals surface area contributed by atoms with Crippen molar-refractivity contribution in [2.24, 2.45) is 23.7 Å². The third-order valence-electron chi connectivity index (χ3n) is 8.20. The van der Waals surface area contributed by atoms with Crippen LogP contribution in [0.2, 0.25) is 0 Å². The molecule has 7 heteroatoms. The first kappa shape index (κ1) is 21.3. The van der Waals surface area contributed by atoms with E-state index in [0.29, 0.717) is 30.4 Å². The van der Waals surface area contributed by atoms with Crippen molar-refractivity contribution in [3.63, 3.8) is 0 Å². The average molecular weight is 446 g/mol. The summed E-state index contributed by atoms with van der Waals surface area (Å²) >= 11 is 0. The molecule has 5 fully saturated rings. The van der Waals surface area contributed by atoms with Crippen molar-refractivity contribution in [3.05, 3.63) is 29.8 Å². The number of carbonyl (C=O) groups is 1. The molecule has 1 heterocycles. The Morgan fingerprint density at radius 3 is 2.10 bits per heavy atom. The van der Waals surface area contributed by atoms with Crippen LogP contribution < -0.4 is 10.6 Å². The summed E-state index contributed by atoms with van der Waals surface area (Å²) in [5.41, 5.74) is 1.08. The van der Waals surface area contributed by atoms with Crippen LogP contribution >= 0.6 is 0 Å². The van der Waals surface area contributed by atoms with Crippen LogP contribution in [0.5, 0.6) is 0 Å². The number of nitrogens with one attached hydrogen (secondary N) is 2. The van der Waals surface area contributed by atoms with Gasteiger partial charge < -0.3 is 10.6 Å². The highest BCUT2D eigenvalue weighted by molar-refractivity contribution is 7.89. The predicted molar refractivity (Wildman–Crippen MR) is 120 cm³/mol. The summed E-state index contributed by atoms with van der Waals surface area (Å²) in [5, 5.41) is 6.47. The normalized spacial score (nSPS) is 33.4. The minimum Gasteiger partial charge on any atom is -0.338 e. The van der Waals surface area contributed by atoms with Crippen molar-refractivity contribution in [1.82, 2.24) is 14.9 Å². The summed E-state index contributed by atoms with van der Waals surface area (Å²) in [6.45, 7) is 3.60. The van der Waals surface area contributed by atoms with Gasteiger partial charge in [-0.3, -0.25) is 0 Å². The highest BCUT2D eigenvalue weighted by atomic mass is 32.2. The molecule has 4 aliphatic carbocycles. The number of carbonyl (C=O) groups excluding carboxylic acids is 1. The topological polar surface area (TPSA) is 78.5 Å². The number of hydrogen-bond acceptors (Lipinski definition) is 3. The van der Waals surface area contributed by atoms with Crippen LogP contribution in [0.15, 0.2) is 29.2 Å². The van der Waals surface area contributed by atoms with E-state index < -0.39 is 10.0 Å². The van der Waals surface area contributed by atoms with Crippen LogP contribution in [0.4, 0.5) is 4.79 Å². The standard InChI is InChI=1S/C24H35N3O3S/c1-17-2-4-22(5-3-17)31(29,30)27-8-6-18(7-9-27)16-25-23(28)26-24-13-19-10-20(14-24)12-21(11-19)15-24/h2-5,18-21H,6-16H2,1H3,(H2,25,26,28). The number of piperidine rings is 1. The molecule has 4 bridgehead atoms. The fourth-order valence-electron chi connectivity index (χ4n) is 7.00. The Morgan fingerprint density at radius 1 is 1.00 bits per heavy atom. The molecule has 0 atom stereocenters. The summed E-state index contributed by atoms with van der Waals surface area (Å²) in [4.78, 5) is 13.0. The summed E-state index contributed by atoms with van der Waals surface area (Å²) in [6.07, 6.45) is 9.13. The number of hydrogen-bond donors (Lipinski definition) is 2. The first-order valence-corrected chi connectivity index (χ1v) is 13.4. The highest BCUT2D eigenvalue weighted by Crippen LogP contribution is 2.55. The van der Waals surface area contributed by atoms with Gasteiger partial charge in [-0.2, -0.15) is 4.31 Å². The van der Waals surface area contributed by atoms with Gasteiger partial charge in [-0.15, -0.1) is 0 Å². The van der Waals surface area contributed by atoms with E-state index in [2.05, 4.69) is 10.6 Å². The molecule has 6 rings (SSSR count). The van der Waals surface area contributed by atoms with E-state index in [-0.39, 0.29) is 11.6 Å². The molecule has 0 unspecified atom stereocenters. The zero-order valence-corrected chi connectivity index (χ0v) is 19.3. The van der Waals surface area contributed by atoms with Gasteiger partial charge in [0.2, 0.25) is 10.0 Å². The second-order valence-corrected chi connectivity index (χ2v) is 12.6. The Kier molecular flexibility index (Phi) is 5.53. The Morgan fingerprint density at radius 2 is 1.55 bits per heavy atom. The van der Waals surface area contributed by atoms with Gasteiger partial charge in [-0.05, 0) is 94.1 Å². The number of benzene rings is 1. The fourth-order valence-corrected chi connectivity index (χ4v) is 8.47. The quantitative estimate of drug-likeness (QED) is 0.726. The number of sulfonamides is 1. The van der Waals surface area contributed by atoms with E-state index in [0.717, 1.165) is 55.4 Å². The molecule has 2 N–H and O–H groups in total. The maximum atomic E-state index is 12.9. The molecule has 1 aliphatic heterocycles. The van der Waals surface area contributed by atoms with Gasteiger partial charge >= 0.3 is 6.03 Å². The molecule has 4 saturated carbocycles. The van der Waals surface area contributed by atoms with Crippen molar-refractivity contribution in [2.45, 2.75) is 68.7 Å². The lowest BCUT2D eigenvalue weighted by Crippen LogP contribution is -2.61. The molecule has 0 spiro atoms. The van der Waals surface area contributed by atoms with Crippen LogP contribution in [-0.4, -0.2) is 43.9 Å². The fraction of sp³-hybridized carbons (Fsp3) is 0.708. The van der Waals surface area contributed by atoms with E-state index in [1.54, 1.807) is 16.4 Å². The molecule has 170 valence electrons. The lowest BCUT2D eigenvalue weighted by atomic mass is 9.53. The smallest absolute Gasteiger partial charge is 0.315 e. The highest BCUT2D eigenvalue weighted by Gasteiger charge is 2.51. The van der Waals surface area contributed by atoms with Gasteiger partial charge in [-0.1, -0.05) is 17.7 Å². The van der Waals surface area contributed by atoms with Gasteiger partial charge in [0.15, 0.2) is 0 Å². The second-order valence-electron chi connectivity index (χ2n) is 10.7. The molecule has 2 amide bonds. The molecule has 1 saturated heterocycles. The summed E-state index contributed by atoms with van der Waals surface area (Å²) in [6, 6.07) is 7.02. The van der Waals surface area contributed by atoms with E-state index in [4.69, 9.17) is 0 Å². The SMILES string of the molecule is Cc1ccc(S(=O)(=O)N2CCC(CNC(=O)NC34CC5CC(CC(C5)C3)C4)CC2)cc1. The molecular weight excluding hydrogens is 410 g/mol. The van der Waals surface area contributed by atoms with Crippen LogP contribution in [0, 0.1) is 30.6 Å². The zero-order chi connectivity index (χ0) is 21.6. The van der Waals surface area contributed by atoms with Crippen molar-refractivity contribution in [1.29, 1.82) is 0 Å². The lowest BCUT2D eigenvalue weighted by molar-refractivity contribution is -0.0135. The Balaban J connectivity index is 1.10. The second kappa shape index (κ2) is 8.07. The Hall–Kier alpha value is -1.60. The molecular formula is C24H35N3O3S. The van der Waals surface area contributed by atoms with Crippen molar-refractivity contribution in [3.8, 4) is 0 Å². The van der Waals surface area contributed by atoms with Crippen molar-refractivity contribution < 1.29 is 13.2 Å². The minimum atomic E-state index is -3.43. The lowest BCUT2D eigenvalue weighted by Gasteiger charge is -2.56. The summed E-state index contributed by atoms with van der Waals surface area (Å²) in [7, 11) is -3.43. The van der Waals surface area contributed by atoms with Crippen LogP contribution in [-0.2, 0) is 10.0 Å². The molecule has 0 aromatic heterocycles. The van der Waals surface area contributed by atoms with E-state index in [1.807, 2.05) is 19.1 Å². The number of urea groups is 1. The van der Waals surface area contributed by atoms with Crippen molar-refractivity contribution in [2.75, 3.05) is 19.6 Å². The number of amides is 2. The summed E-state index contributed by atoms with van der Waals surface area (Å²) < 4.78 is 27.3. The number of nitrogens with zero attached hydrogens (tertiary/aromatic N) is 1. The van der Waals surface area contributed by atoms with Gasteiger partial charge in [0.25, 0.3) is 0 Å². The van der Waals surface area contributed by atoms with E-state index in [1.165, 1.54) is 19.3 Å². The van der Waals surface area contributed by atoms with E-state index in [9.17, 15) is 13.2 Å². The molecule has 1 aromatic rings. The Bertz CT molecular complexity index is 885. The van der Waals surface area contributed by atoms with Crippen LogP contribution in [0.3, 0.4) is 0 Å². The van der Waals surface area contributed by atoms with Gasteiger partial charge in [0.05, 0.1) is 4.90 Å². The molecule has 6 nitrogen and oxygen atoms in total. The number of aryl methyl sites for hydroxylation is 1. The third-order valence-corrected chi connectivity index (χ3v) is 10.1. The van der Waals surface area contributed by atoms with Gasteiger partial charge in [-0.25, -0.2) is 13.2 Å². The molecule has 0 radical (unpaired) electrons. The number of rotatable bonds is 5. The van der Waals surface area contributed by atoms with E-state index >= 15 is 0 Å². The monoisotopic (exact) mass is 445 g/mol. The summed E-state index contributed by atoms with van der Waals surface area (Å²) in [5.74, 6) is 2.76. The first-order valence-electron chi connectivity index (χ1n) is 11.9. The Labute approximate surface area is 186 Å². The molecule has 1 aromatic carbocycles. The zero-order valence-electron chi connectivity index (χ0n) is 18.5. The molecule has 31 heavy (non-hydrogen) atoms. The van der Waals surface area contributed by atoms with Crippen molar-refractivity contribution >= 4 is 16.1 Å². The van der Waals surface area contributed by atoms with Gasteiger partial charge in [0, 0.05) is 25.2 Å². The first-order chi connectivity index (χ1) is 14.8. The minimum absolute atomic E-state index is 0.0309. The molecule has 5 aliphatic rings. The third kappa shape index (κ3) is 4.36.